The average Bonchev–Trinajstić information content (AvgIpc) is 3.08. The summed E-state index contributed by atoms with van der Waals surface area (Å²) < 4.78 is 0. The summed E-state index contributed by atoms with van der Waals surface area (Å²) in [5, 5.41) is 10.9. The van der Waals surface area contributed by atoms with E-state index in [4.69, 9.17) is 4.98 Å². The summed E-state index contributed by atoms with van der Waals surface area (Å²) in [6.45, 7) is 9.59. The van der Waals surface area contributed by atoms with Gasteiger partial charge in [-0.25, -0.2) is 0 Å². The van der Waals surface area contributed by atoms with Gasteiger partial charge in [-0.15, -0.1) is 0 Å². The first-order valence-corrected chi connectivity index (χ1v) is 14.6. The largest absolute Gasteiger partial charge is 0.253 e. The molecule has 1 nitrogen and oxygen atoms in total. The molecule has 1 aromatic heterocycles. The third-order valence-corrected chi connectivity index (χ3v) is 9.14. The first kappa shape index (κ1) is 17.4. The highest BCUT2D eigenvalue weighted by atomic mass is 28.3. The Hall–Kier alpha value is -3.23. The molecule has 6 aromatic rings. The van der Waals surface area contributed by atoms with Gasteiger partial charge in [0.05, 0.1) is 13.6 Å². The molecule has 0 atom stereocenters. The van der Waals surface area contributed by atoms with Gasteiger partial charge in [0.1, 0.15) is 0 Å². The van der Waals surface area contributed by atoms with Gasteiger partial charge >= 0.3 is 0 Å². The highest BCUT2D eigenvalue weighted by Crippen LogP contribution is 2.52. The first-order chi connectivity index (χ1) is 14.9. The zero-order valence-electron chi connectivity index (χ0n) is 18.3. The van der Waals surface area contributed by atoms with Gasteiger partial charge in [0.15, 0.2) is 0 Å². The number of pyridine rings is 1. The Balaban J connectivity index is 1.87. The predicted octanol–water partition coefficient (Wildman–Crippen LogP) is 7.63. The number of hydrogen-bond acceptors (Lipinski definition) is 1. The summed E-state index contributed by atoms with van der Waals surface area (Å²) in [6.07, 6.45) is 0. The van der Waals surface area contributed by atoms with Crippen LogP contribution in [0.15, 0.2) is 66.7 Å². The third-order valence-electron chi connectivity index (χ3n) is 7.15. The van der Waals surface area contributed by atoms with Crippen molar-refractivity contribution in [1.29, 1.82) is 0 Å². The van der Waals surface area contributed by atoms with Crippen molar-refractivity contribution in [3.8, 4) is 22.3 Å². The van der Waals surface area contributed by atoms with Gasteiger partial charge in [-0.1, -0.05) is 86.4 Å². The van der Waals surface area contributed by atoms with Crippen molar-refractivity contribution in [2.75, 3.05) is 0 Å². The Bertz CT molecular complexity index is 1710. The van der Waals surface area contributed by atoms with Gasteiger partial charge in [-0.2, -0.15) is 0 Å². The van der Waals surface area contributed by atoms with E-state index >= 15 is 0 Å². The lowest BCUT2D eigenvalue weighted by atomic mass is 9.90. The number of hydrogen-bond donors (Lipinski definition) is 0. The number of rotatable bonds is 1. The van der Waals surface area contributed by atoms with Crippen LogP contribution in [-0.4, -0.2) is 13.1 Å². The Morgan fingerprint density at radius 3 is 1.97 bits per heavy atom. The fourth-order valence-electron chi connectivity index (χ4n) is 6.01. The zero-order valence-corrected chi connectivity index (χ0v) is 19.3. The molecular weight excluding hydrogens is 390 g/mol. The monoisotopic (exact) mass is 413 g/mol. The zero-order chi connectivity index (χ0) is 21.1. The molecule has 0 radical (unpaired) electrons. The number of aromatic nitrogens is 1. The molecule has 1 aliphatic carbocycles. The van der Waals surface area contributed by atoms with E-state index in [9.17, 15) is 0 Å². The van der Waals surface area contributed by atoms with Crippen molar-refractivity contribution >= 4 is 56.5 Å². The van der Waals surface area contributed by atoms with E-state index in [0.29, 0.717) is 0 Å². The Kier molecular flexibility index (Phi) is 3.10. The molecule has 0 fully saturated rings. The molecule has 1 heterocycles. The molecule has 148 valence electrons. The summed E-state index contributed by atoms with van der Waals surface area (Å²) in [5.41, 5.74) is 8.03. The molecular formula is C29H23NSi. The topological polar surface area (TPSA) is 12.9 Å². The van der Waals surface area contributed by atoms with E-state index < -0.39 is 8.07 Å². The average molecular weight is 414 g/mol. The lowest BCUT2D eigenvalue weighted by Gasteiger charge is -2.26. The van der Waals surface area contributed by atoms with Crippen LogP contribution in [0.25, 0.3) is 65.5 Å². The molecule has 0 N–H and O–H groups in total. The fraction of sp³-hybridized carbons (Fsp3) is 0.138. The molecule has 31 heavy (non-hydrogen) atoms. The van der Waals surface area contributed by atoms with Gasteiger partial charge in [0.25, 0.3) is 0 Å². The quantitative estimate of drug-likeness (QED) is 0.199. The van der Waals surface area contributed by atoms with Crippen molar-refractivity contribution in [1.82, 2.24) is 4.98 Å². The van der Waals surface area contributed by atoms with Gasteiger partial charge < -0.3 is 0 Å². The lowest BCUT2D eigenvalue weighted by molar-refractivity contribution is 1.29. The van der Waals surface area contributed by atoms with Crippen LogP contribution in [-0.2, 0) is 0 Å². The van der Waals surface area contributed by atoms with E-state index in [1.807, 2.05) is 0 Å². The van der Waals surface area contributed by atoms with Crippen molar-refractivity contribution < 1.29 is 0 Å². The molecule has 2 heteroatoms. The molecule has 0 bridgehead atoms. The van der Waals surface area contributed by atoms with Crippen LogP contribution in [0.4, 0.5) is 0 Å². The highest BCUT2D eigenvalue weighted by Gasteiger charge is 2.34. The second kappa shape index (κ2) is 5.51. The second-order valence-electron chi connectivity index (χ2n) is 10.0. The Labute approximate surface area is 182 Å². The SMILES string of the molecule is Cc1nc2c([Si](C)(C)C)c3c(c4ccc5cccc1c5c42)-c1cccc2cccc-3c12. The molecule has 0 aliphatic heterocycles. The molecule has 0 saturated heterocycles. The van der Waals surface area contributed by atoms with E-state index in [1.165, 1.54) is 70.7 Å². The van der Waals surface area contributed by atoms with Crippen LogP contribution in [0.3, 0.4) is 0 Å². The van der Waals surface area contributed by atoms with Crippen LogP contribution < -0.4 is 5.19 Å². The maximum absolute atomic E-state index is 5.31. The van der Waals surface area contributed by atoms with Crippen LogP contribution in [0.2, 0.25) is 19.6 Å². The number of nitrogens with zero attached hydrogens (tertiary/aromatic N) is 1. The Morgan fingerprint density at radius 2 is 1.26 bits per heavy atom. The molecule has 5 aromatic carbocycles. The Morgan fingerprint density at radius 1 is 0.613 bits per heavy atom. The van der Waals surface area contributed by atoms with Gasteiger partial charge in [-0.05, 0) is 55.9 Å². The fourth-order valence-corrected chi connectivity index (χ4v) is 7.92. The first-order valence-electron chi connectivity index (χ1n) is 11.1. The molecule has 0 saturated carbocycles. The summed E-state index contributed by atoms with van der Waals surface area (Å²) in [5.74, 6) is 0. The third kappa shape index (κ3) is 2.04. The molecule has 0 spiro atoms. The van der Waals surface area contributed by atoms with Crippen molar-refractivity contribution in [3.63, 3.8) is 0 Å². The molecule has 7 rings (SSSR count). The smallest absolute Gasteiger partial charge is 0.0813 e. The lowest BCUT2D eigenvalue weighted by Crippen LogP contribution is -2.40. The second-order valence-corrected chi connectivity index (χ2v) is 15.0. The van der Waals surface area contributed by atoms with E-state index in [1.54, 1.807) is 0 Å². The summed E-state index contributed by atoms with van der Waals surface area (Å²) >= 11 is 0. The van der Waals surface area contributed by atoms with Crippen molar-refractivity contribution in [3.05, 3.63) is 72.4 Å². The standard InChI is InChI=1S/C29H23NSi/c1-16-19-11-5-10-18-14-15-22-25-20-12-6-8-17-9-7-13-21(23(17)20)27(25)29(31(2,3)4)28(30-16)26(22)24(18)19/h5-15H,1-4H3. The minimum absolute atomic E-state index is 1.14. The van der Waals surface area contributed by atoms with E-state index in [-0.39, 0.29) is 0 Å². The normalized spacial score (nSPS) is 13.2. The van der Waals surface area contributed by atoms with E-state index in [2.05, 4.69) is 93.3 Å². The minimum Gasteiger partial charge on any atom is -0.253 e. The maximum Gasteiger partial charge on any atom is 0.0813 e. The number of benzene rings is 5. The van der Waals surface area contributed by atoms with Crippen molar-refractivity contribution in [2.24, 2.45) is 0 Å². The summed E-state index contributed by atoms with van der Waals surface area (Å²) in [6, 6.07) is 24.9. The molecule has 1 aliphatic rings. The van der Waals surface area contributed by atoms with Crippen LogP contribution in [0, 0.1) is 6.92 Å². The van der Waals surface area contributed by atoms with Crippen LogP contribution >= 0.6 is 0 Å². The molecule has 0 unspecified atom stereocenters. The van der Waals surface area contributed by atoms with E-state index in [0.717, 1.165) is 5.69 Å². The molecule has 0 amide bonds. The van der Waals surface area contributed by atoms with Crippen LogP contribution in [0.5, 0.6) is 0 Å². The summed E-state index contributed by atoms with van der Waals surface area (Å²) in [7, 11) is -1.72. The highest BCUT2D eigenvalue weighted by molar-refractivity contribution is 6.92. The van der Waals surface area contributed by atoms with Gasteiger partial charge in [0.2, 0.25) is 0 Å². The minimum atomic E-state index is -1.72. The van der Waals surface area contributed by atoms with Gasteiger partial charge in [0, 0.05) is 21.9 Å². The number of aryl methyl sites for hydroxylation is 1. The van der Waals surface area contributed by atoms with Gasteiger partial charge in [-0.3, -0.25) is 4.98 Å². The predicted molar refractivity (Wildman–Crippen MR) is 138 cm³/mol. The van der Waals surface area contributed by atoms with Crippen LogP contribution in [0.1, 0.15) is 5.69 Å². The van der Waals surface area contributed by atoms with Crippen molar-refractivity contribution in [2.45, 2.75) is 26.6 Å². The number of fused-ring (bicyclic) bond motifs is 4. The maximum atomic E-state index is 5.31. The summed E-state index contributed by atoms with van der Waals surface area (Å²) in [4.78, 5) is 5.31.